The summed E-state index contributed by atoms with van der Waals surface area (Å²) in [6.45, 7) is 5.89. The van der Waals surface area contributed by atoms with Crippen LogP contribution in [0, 0.1) is 0 Å². The Balaban J connectivity index is 3.42. The number of thiocarbonyl (C=S) groups is 1. The average Bonchev–Trinajstić information content (AvgIpc) is 2.24. The molecule has 4 nitrogen and oxygen atoms in total. The van der Waals surface area contributed by atoms with Crippen LogP contribution in [0.5, 0.6) is 0 Å². The van der Waals surface area contributed by atoms with Gasteiger partial charge in [-0.15, -0.1) is 0 Å². The van der Waals surface area contributed by atoms with Gasteiger partial charge in [0.2, 0.25) is 0 Å². The Labute approximate surface area is 97.9 Å². The first-order valence-corrected chi connectivity index (χ1v) is 5.68. The van der Waals surface area contributed by atoms with Gasteiger partial charge in [0, 0.05) is 40.5 Å². The zero-order chi connectivity index (χ0) is 11.5. The van der Waals surface area contributed by atoms with Crippen LogP contribution in [-0.4, -0.2) is 57.1 Å². The maximum Gasteiger partial charge on any atom is 0.168 e. The lowest BCUT2D eigenvalue weighted by Gasteiger charge is -2.20. The van der Waals surface area contributed by atoms with Gasteiger partial charge in [0.05, 0.1) is 6.61 Å². The number of nitrogens with one attached hydrogen (secondary N) is 1. The van der Waals surface area contributed by atoms with Crippen molar-refractivity contribution in [3.8, 4) is 0 Å². The van der Waals surface area contributed by atoms with E-state index in [9.17, 15) is 0 Å². The molecule has 0 rings (SSSR count). The molecule has 0 aromatic heterocycles. The van der Waals surface area contributed by atoms with Crippen molar-refractivity contribution in [1.82, 2.24) is 10.2 Å². The second kappa shape index (κ2) is 10.1. The highest BCUT2D eigenvalue weighted by Crippen LogP contribution is 1.87. The van der Waals surface area contributed by atoms with Crippen LogP contribution >= 0.6 is 12.2 Å². The van der Waals surface area contributed by atoms with Crippen molar-refractivity contribution >= 4 is 17.3 Å². The van der Waals surface area contributed by atoms with Crippen molar-refractivity contribution in [2.75, 3.05) is 47.1 Å². The maximum absolute atomic E-state index is 5.25. The molecule has 0 heterocycles. The molecule has 0 saturated heterocycles. The van der Waals surface area contributed by atoms with E-state index in [-0.39, 0.29) is 0 Å². The molecule has 0 fully saturated rings. The molecule has 0 bridgehead atoms. The predicted octanol–water partition coefficient (Wildman–Crippen LogP) is 0.866. The highest BCUT2D eigenvalue weighted by atomic mass is 32.1. The lowest BCUT2D eigenvalue weighted by Crippen LogP contribution is -2.39. The summed E-state index contributed by atoms with van der Waals surface area (Å²) in [7, 11) is 3.66. The molecule has 0 aromatic carbocycles. The van der Waals surface area contributed by atoms with Gasteiger partial charge in [0.15, 0.2) is 5.11 Å². The number of hydrogen-bond donors (Lipinski definition) is 1. The first-order valence-electron chi connectivity index (χ1n) is 5.28. The Morgan fingerprint density at radius 2 is 2.13 bits per heavy atom. The van der Waals surface area contributed by atoms with E-state index in [2.05, 4.69) is 5.32 Å². The Bertz CT molecular complexity index is 168. The number of nitrogens with zero attached hydrogens (tertiary/aromatic N) is 1. The van der Waals surface area contributed by atoms with Crippen LogP contribution in [0.4, 0.5) is 0 Å². The molecule has 90 valence electrons. The van der Waals surface area contributed by atoms with Crippen molar-refractivity contribution in [2.45, 2.75) is 13.3 Å². The van der Waals surface area contributed by atoms with Gasteiger partial charge in [-0.2, -0.15) is 0 Å². The molecule has 0 radical (unpaired) electrons. The molecule has 5 heteroatoms. The van der Waals surface area contributed by atoms with Gasteiger partial charge >= 0.3 is 0 Å². The van der Waals surface area contributed by atoms with Crippen molar-refractivity contribution in [1.29, 1.82) is 0 Å². The molecule has 0 spiro atoms. The number of rotatable bonds is 8. The summed E-state index contributed by atoms with van der Waals surface area (Å²) in [5.74, 6) is 0. The van der Waals surface area contributed by atoms with Crippen LogP contribution in [-0.2, 0) is 9.47 Å². The van der Waals surface area contributed by atoms with Crippen LogP contribution in [0.25, 0.3) is 0 Å². The number of hydrogen-bond acceptors (Lipinski definition) is 3. The van der Waals surface area contributed by atoms with E-state index < -0.39 is 0 Å². The van der Waals surface area contributed by atoms with Crippen molar-refractivity contribution < 1.29 is 9.47 Å². The summed E-state index contributed by atoms with van der Waals surface area (Å²) >= 11 is 5.19. The highest BCUT2D eigenvalue weighted by Gasteiger charge is 2.02. The third-order valence-electron chi connectivity index (χ3n) is 1.92. The van der Waals surface area contributed by atoms with Crippen LogP contribution < -0.4 is 5.32 Å². The fourth-order valence-corrected chi connectivity index (χ4v) is 1.19. The maximum atomic E-state index is 5.25. The quantitative estimate of drug-likeness (QED) is 0.498. The minimum absolute atomic E-state index is 0.715. The summed E-state index contributed by atoms with van der Waals surface area (Å²) < 4.78 is 10.2. The first kappa shape index (κ1) is 14.6. The van der Waals surface area contributed by atoms with Gasteiger partial charge in [-0.25, -0.2) is 0 Å². The summed E-state index contributed by atoms with van der Waals surface area (Å²) in [5.41, 5.74) is 0. The average molecular weight is 234 g/mol. The predicted molar refractivity (Wildman–Crippen MR) is 66.2 cm³/mol. The molecule has 0 amide bonds. The molecule has 15 heavy (non-hydrogen) atoms. The van der Waals surface area contributed by atoms with Crippen molar-refractivity contribution in [3.05, 3.63) is 0 Å². The van der Waals surface area contributed by atoms with Gasteiger partial charge < -0.3 is 19.7 Å². The van der Waals surface area contributed by atoms with Crippen LogP contribution in [0.2, 0.25) is 0 Å². The van der Waals surface area contributed by atoms with Crippen LogP contribution in [0.15, 0.2) is 0 Å². The van der Waals surface area contributed by atoms with Gasteiger partial charge in [-0.05, 0) is 25.6 Å². The Morgan fingerprint density at radius 1 is 1.40 bits per heavy atom. The minimum atomic E-state index is 0.715. The molecule has 0 atom stereocenters. The molecule has 0 aliphatic heterocycles. The lowest BCUT2D eigenvalue weighted by atomic mass is 10.4. The monoisotopic (exact) mass is 234 g/mol. The van der Waals surface area contributed by atoms with E-state index in [1.54, 1.807) is 7.11 Å². The van der Waals surface area contributed by atoms with Crippen molar-refractivity contribution in [2.24, 2.45) is 0 Å². The molecule has 0 saturated carbocycles. The lowest BCUT2D eigenvalue weighted by molar-refractivity contribution is 0.136. The number of likely N-dealkylation sites (N-methyl/N-ethyl adjacent to an activating group) is 1. The van der Waals surface area contributed by atoms with E-state index in [1.807, 2.05) is 18.9 Å². The van der Waals surface area contributed by atoms with Crippen LogP contribution in [0.1, 0.15) is 13.3 Å². The van der Waals surface area contributed by atoms with Crippen molar-refractivity contribution in [3.63, 3.8) is 0 Å². The SMILES string of the molecule is CCOCCN(C)C(=S)NCCCOC. The van der Waals surface area contributed by atoms with Gasteiger partial charge in [-0.3, -0.25) is 0 Å². The molecule has 1 N–H and O–H groups in total. The number of methoxy groups -OCH3 is 1. The summed E-state index contributed by atoms with van der Waals surface area (Å²) in [6.07, 6.45) is 0.968. The summed E-state index contributed by atoms with van der Waals surface area (Å²) in [6, 6.07) is 0. The smallest absolute Gasteiger partial charge is 0.168 e. The fourth-order valence-electron chi connectivity index (χ4n) is 0.994. The highest BCUT2D eigenvalue weighted by molar-refractivity contribution is 7.80. The molecule has 0 aromatic rings. The second-order valence-corrected chi connectivity index (χ2v) is 3.58. The van der Waals surface area contributed by atoms with E-state index >= 15 is 0 Å². The number of ether oxygens (including phenoxy) is 2. The standard InChI is InChI=1S/C10H22N2O2S/c1-4-14-9-7-12(2)10(15)11-6-5-8-13-3/h4-9H2,1-3H3,(H,11,15). The van der Waals surface area contributed by atoms with E-state index in [4.69, 9.17) is 21.7 Å². The minimum Gasteiger partial charge on any atom is -0.385 e. The zero-order valence-corrected chi connectivity index (χ0v) is 10.7. The molecular weight excluding hydrogens is 212 g/mol. The summed E-state index contributed by atoms with van der Waals surface area (Å²) in [5, 5.41) is 3.94. The topological polar surface area (TPSA) is 33.7 Å². The second-order valence-electron chi connectivity index (χ2n) is 3.20. The van der Waals surface area contributed by atoms with Crippen LogP contribution in [0.3, 0.4) is 0 Å². The van der Waals surface area contributed by atoms with Gasteiger partial charge in [-0.1, -0.05) is 0 Å². The third kappa shape index (κ3) is 8.59. The normalized spacial score (nSPS) is 10.1. The van der Waals surface area contributed by atoms with E-state index in [1.165, 1.54) is 0 Å². The third-order valence-corrected chi connectivity index (χ3v) is 2.38. The first-order chi connectivity index (χ1) is 7.22. The molecule has 0 aliphatic carbocycles. The van der Waals surface area contributed by atoms with E-state index in [0.717, 1.165) is 37.8 Å². The Hall–Kier alpha value is -0.390. The Morgan fingerprint density at radius 3 is 2.73 bits per heavy atom. The van der Waals surface area contributed by atoms with Gasteiger partial charge in [0.25, 0.3) is 0 Å². The Kier molecular flexibility index (Phi) is 9.88. The van der Waals surface area contributed by atoms with Gasteiger partial charge in [0.1, 0.15) is 0 Å². The summed E-state index contributed by atoms with van der Waals surface area (Å²) in [4.78, 5) is 1.98. The zero-order valence-electron chi connectivity index (χ0n) is 9.91. The fraction of sp³-hybridized carbons (Fsp3) is 0.900. The molecule has 0 aliphatic rings. The molecule has 0 unspecified atom stereocenters. The largest absolute Gasteiger partial charge is 0.385 e. The molecular formula is C10H22N2O2S. The van der Waals surface area contributed by atoms with E-state index in [0.29, 0.717) is 6.61 Å².